The van der Waals surface area contributed by atoms with Crippen LogP contribution in [-0.2, 0) is 0 Å². The van der Waals surface area contributed by atoms with Crippen LogP contribution in [0.4, 0.5) is 5.69 Å². The Morgan fingerprint density at radius 2 is 1.85 bits per heavy atom. The van der Waals surface area contributed by atoms with Gasteiger partial charge in [-0.3, -0.25) is 0 Å². The molecule has 0 aromatic heterocycles. The van der Waals surface area contributed by atoms with Crippen molar-refractivity contribution in [2.75, 3.05) is 25.1 Å². The summed E-state index contributed by atoms with van der Waals surface area (Å²) in [6.45, 7) is 5.45. The van der Waals surface area contributed by atoms with Gasteiger partial charge >= 0.3 is 0 Å². The lowest BCUT2D eigenvalue weighted by molar-refractivity contribution is 0.109. The van der Waals surface area contributed by atoms with Crippen molar-refractivity contribution in [2.24, 2.45) is 5.92 Å². The third kappa shape index (κ3) is 3.07. The fourth-order valence-corrected chi connectivity index (χ4v) is 3.03. The van der Waals surface area contributed by atoms with Crippen molar-refractivity contribution in [3.63, 3.8) is 0 Å². The molecule has 112 valence electrons. The molecule has 1 unspecified atom stereocenters. The lowest BCUT2D eigenvalue weighted by atomic mass is 9.91. The molecule has 4 nitrogen and oxygen atoms in total. The highest BCUT2D eigenvalue weighted by molar-refractivity contribution is 5.60. The van der Waals surface area contributed by atoms with E-state index in [9.17, 15) is 10.2 Å². The molecule has 4 heteroatoms. The molecule has 0 radical (unpaired) electrons. The summed E-state index contributed by atoms with van der Waals surface area (Å²) < 4.78 is 5.37. The van der Waals surface area contributed by atoms with Gasteiger partial charge in [0.15, 0.2) is 0 Å². The molecule has 2 atom stereocenters. The number of methoxy groups -OCH3 is 1. The zero-order valence-corrected chi connectivity index (χ0v) is 12.5. The van der Waals surface area contributed by atoms with Gasteiger partial charge in [-0.15, -0.1) is 0 Å². The molecular weight excluding hydrogens is 254 g/mol. The van der Waals surface area contributed by atoms with E-state index in [1.807, 2.05) is 25.1 Å². The van der Waals surface area contributed by atoms with Gasteiger partial charge in [0.1, 0.15) is 5.75 Å². The highest BCUT2D eigenvalue weighted by Gasteiger charge is 2.25. The van der Waals surface area contributed by atoms with Crippen LogP contribution < -0.4 is 9.64 Å². The van der Waals surface area contributed by atoms with Gasteiger partial charge in [-0.05, 0) is 44.7 Å². The minimum Gasteiger partial charge on any atom is -0.496 e. The van der Waals surface area contributed by atoms with Gasteiger partial charge in [-0.2, -0.15) is 0 Å². The summed E-state index contributed by atoms with van der Waals surface area (Å²) in [6.07, 6.45) is 1.16. The van der Waals surface area contributed by atoms with E-state index in [1.54, 1.807) is 14.0 Å². The number of nitrogens with zero attached hydrogens (tertiary/aromatic N) is 1. The van der Waals surface area contributed by atoms with Gasteiger partial charge in [0, 0.05) is 24.3 Å². The fraction of sp³-hybridized carbons (Fsp3) is 0.625. The van der Waals surface area contributed by atoms with Crippen molar-refractivity contribution < 1.29 is 14.9 Å². The number of benzene rings is 1. The topological polar surface area (TPSA) is 52.9 Å². The van der Waals surface area contributed by atoms with Crippen LogP contribution in [0.2, 0.25) is 0 Å². The zero-order chi connectivity index (χ0) is 14.7. The smallest absolute Gasteiger partial charge is 0.126 e. The maximum absolute atomic E-state index is 10.0. The van der Waals surface area contributed by atoms with E-state index in [2.05, 4.69) is 4.90 Å². The molecule has 1 aromatic rings. The van der Waals surface area contributed by atoms with E-state index >= 15 is 0 Å². The average Bonchev–Trinajstić information content (AvgIpc) is 2.46. The number of rotatable bonds is 4. The minimum absolute atomic E-state index is 0.237. The molecule has 1 saturated heterocycles. The molecule has 2 N–H and O–H groups in total. The Balaban J connectivity index is 2.21. The third-order valence-electron chi connectivity index (χ3n) is 4.24. The SMILES string of the molecule is COc1cccc(N2CCC(C(C)O)CC2)c1[C@@H](C)O. The zero-order valence-electron chi connectivity index (χ0n) is 12.5. The Morgan fingerprint density at radius 3 is 2.35 bits per heavy atom. The Bertz CT molecular complexity index is 437. The molecule has 0 bridgehead atoms. The van der Waals surface area contributed by atoms with E-state index in [0.29, 0.717) is 5.92 Å². The molecule has 20 heavy (non-hydrogen) atoms. The summed E-state index contributed by atoms with van der Waals surface area (Å²) in [6, 6.07) is 5.88. The monoisotopic (exact) mass is 279 g/mol. The van der Waals surface area contributed by atoms with Gasteiger partial charge in [0.2, 0.25) is 0 Å². The molecule has 0 amide bonds. The molecule has 1 aliphatic rings. The van der Waals surface area contributed by atoms with Crippen LogP contribution in [0.15, 0.2) is 18.2 Å². The number of hydrogen-bond acceptors (Lipinski definition) is 4. The van der Waals surface area contributed by atoms with Crippen LogP contribution in [0.25, 0.3) is 0 Å². The molecule has 1 aliphatic heterocycles. The van der Waals surface area contributed by atoms with Crippen LogP contribution in [0.1, 0.15) is 38.4 Å². The van der Waals surface area contributed by atoms with Crippen molar-refractivity contribution in [3.8, 4) is 5.75 Å². The third-order valence-corrected chi connectivity index (χ3v) is 4.24. The van der Waals surface area contributed by atoms with Crippen LogP contribution in [0.5, 0.6) is 5.75 Å². The van der Waals surface area contributed by atoms with Crippen molar-refractivity contribution in [1.82, 2.24) is 0 Å². The molecule has 1 aromatic carbocycles. The van der Waals surface area contributed by atoms with E-state index in [4.69, 9.17) is 4.74 Å². The van der Waals surface area contributed by atoms with Crippen molar-refractivity contribution in [2.45, 2.75) is 38.9 Å². The predicted molar refractivity (Wildman–Crippen MR) is 80.2 cm³/mol. The first-order valence-corrected chi connectivity index (χ1v) is 7.32. The van der Waals surface area contributed by atoms with E-state index in [-0.39, 0.29) is 6.10 Å². The van der Waals surface area contributed by atoms with Crippen LogP contribution >= 0.6 is 0 Å². The lowest BCUT2D eigenvalue weighted by Gasteiger charge is -2.36. The quantitative estimate of drug-likeness (QED) is 0.888. The van der Waals surface area contributed by atoms with Crippen LogP contribution in [-0.4, -0.2) is 36.5 Å². The number of aliphatic hydroxyl groups is 2. The number of hydrogen-bond donors (Lipinski definition) is 2. The van der Waals surface area contributed by atoms with E-state index in [0.717, 1.165) is 42.9 Å². The summed E-state index contributed by atoms with van der Waals surface area (Å²) >= 11 is 0. The Labute approximate surface area is 121 Å². The van der Waals surface area contributed by atoms with Gasteiger partial charge < -0.3 is 19.8 Å². The second-order valence-corrected chi connectivity index (χ2v) is 5.63. The van der Waals surface area contributed by atoms with Gasteiger partial charge in [0.05, 0.1) is 19.3 Å². The number of aliphatic hydroxyl groups excluding tert-OH is 2. The molecule has 1 fully saturated rings. The Hall–Kier alpha value is -1.26. The first-order chi connectivity index (χ1) is 9.54. The first-order valence-electron chi connectivity index (χ1n) is 7.32. The molecule has 2 rings (SSSR count). The second-order valence-electron chi connectivity index (χ2n) is 5.63. The molecule has 0 saturated carbocycles. The van der Waals surface area contributed by atoms with E-state index < -0.39 is 6.10 Å². The first kappa shape index (κ1) is 15.1. The fourth-order valence-electron chi connectivity index (χ4n) is 3.03. The van der Waals surface area contributed by atoms with Crippen molar-refractivity contribution in [3.05, 3.63) is 23.8 Å². The van der Waals surface area contributed by atoms with Crippen molar-refractivity contribution in [1.29, 1.82) is 0 Å². The second kappa shape index (κ2) is 6.46. The largest absolute Gasteiger partial charge is 0.496 e. The summed E-state index contributed by atoms with van der Waals surface area (Å²) in [5, 5.41) is 19.7. The standard InChI is InChI=1S/C16H25NO3/c1-11(18)13-7-9-17(10-8-13)14-5-4-6-15(20-3)16(14)12(2)19/h4-6,11-13,18-19H,7-10H2,1-3H3/t11?,12-/m1/s1. The number of piperidine rings is 1. The summed E-state index contributed by atoms with van der Waals surface area (Å²) in [7, 11) is 1.63. The minimum atomic E-state index is -0.560. The normalized spacial score (nSPS) is 19.8. The highest BCUT2D eigenvalue weighted by atomic mass is 16.5. The molecule has 1 heterocycles. The van der Waals surface area contributed by atoms with Crippen LogP contribution in [0.3, 0.4) is 0 Å². The van der Waals surface area contributed by atoms with Gasteiger partial charge in [0.25, 0.3) is 0 Å². The Kier molecular flexibility index (Phi) is 4.89. The summed E-state index contributed by atoms with van der Waals surface area (Å²) in [5.41, 5.74) is 1.90. The molecular formula is C16H25NO3. The Morgan fingerprint density at radius 1 is 1.20 bits per heavy atom. The van der Waals surface area contributed by atoms with Gasteiger partial charge in [-0.1, -0.05) is 6.07 Å². The molecule has 0 aliphatic carbocycles. The van der Waals surface area contributed by atoms with Gasteiger partial charge in [-0.25, -0.2) is 0 Å². The van der Waals surface area contributed by atoms with Crippen LogP contribution in [0, 0.1) is 5.92 Å². The lowest BCUT2D eigenvalue weighted by Crippen LogP contribution is -2.37. The number of anilines is 1. The van der Waals surface area contributed by atoms with Crippen molar-refractivity contribution >= 4 is 5.69 Å². The summed E-state index contributed by atoms with van der Waals surface area (Å²) in [4.78, 5) is 2.28. The molecule has 0 spiro atoms. The number of ether oxygens (including phenoxy) is 1. The average molecular weight is 279 g/mol. The maximum atomic E-state index is 10.0. The summed E-state index contributed by atoms with van der Waals surface area (Å²) in [5.74, 6) is 1.11. The van der Waals surface area contributed by atoms with E-state index in [1.165, 1.54) is 0 Å². The predicted octanol–water partition coefficient (Wildman–Crippen LogP) is 2.35. The highest BCUT2D eigenvalue weighted by Crippen LogP contribution is 2.36. The maximum Gasteiger partial charge on any atom is 0.126 e.